The molecular formula is C30H33FN4O5S. The van der Waals surface area contributed by atoms with Crippen LogP contribution < -0.4 is 15.4 Å². The van der Waals surface area contributed by atoms with E-state index >= 15 is 0 Å². The van der Waals surface area contributed by atoms with Gasteiger partial charge in [-0.25, -0.2) is 17.5 Å². The van der Waals surface area contributed by atoms with Gasteiger partial charge in [0, 0.05) is 31.8 Å². The number of amides is 2. The summed E-state index contributed by atoms with van der Waals surface area (Å²) in [6.07, 6.45) is 6.24. The molecule has 0 bridgehead atoms. The number of unbranched alkanes of at least 4 members (excludes halogenated alkanes) is 1. The van der Waals surface area contributed by atoms with Crippen LogP contribution in [0, 0.1) is 17.8 Å². The Hall–Kier alpha value is -3.83. The number of aromatic nitrogens is 1. The van der Waals surface area contributed by atoms with Crippen molar-refractivity contribution in [2.24, 2.45) is 0 Å². The van der Waals surface area contributed by atoms with E-state index < -0.39 is 26.8 Å². The molecule has 2 radical (unpaired) electrons. The Morgan fingerprint density at radius 1 is 1.07 bits per heavy atom. The fraction of sp³-hybridized carbons (Fsp3) is 0.300. The van der Waals surface area contributed by atoms with Crippen molar-refractivity contribution in [3.8, 4) is 5.75 Å². The van der Waals surface area contributed by atoms with Gasteiger partial charge in [-0.3, -0.25) is 14.6 Å². The molecule has 1 atom stereocenters. The second kappa shape index (κ2) is 13.7. The van der Waals surface area contributed by atoms with Crippen LogP contribution >= 0.6 is 0 Å². The molecule has 1 heterocycles. The number of carbonyl (C=O) groups excluding carboxylic acids is 2. The van der Waals surface area contributed by atoms with Crippen LogP contribution in [0.3, 0.4) is 0 Å². The Kier molecular flexibility index (Phi) is 10.1. The fourth-order valence-electron chi connectivity index (χ4n) is 4.87. The van der Waals surface area contributed by atoms with E-state index in [9.17, 15) is 27.5 Å². The van der Waals surface area contributed by atoms with Crippen LogP contribution in [0.5, 0.6) is 5.75 Å². The molecule has 2 amide bonds. The largest absolute Gasteiger partial charge is 0.508 e. The smallest absolute Gasteiger partial charge is 0.243 e. The number of hydrogen-bond donors (Lipinski definition) is 4. The van der Waals surface area contributed by atoms with Crippen molar-refractivity contribution in [2.75, 3.05) is 6.54 Å². The highest BCUT2D eigenvalue weighted by atomic mass is 32.2. The predicted octanol–water partition coefficient (Wildman–Crippen LogP) is 3.34. The van der Waals surface area contributed by atoms with Gasteiger partial charge in [0.1, 0.15) is 22.5 Å². The number of phenols is 1. The number of carbonyl (C=O) groups is 2. The number of sulfonamides is 1. The van der Waals surface area contributed by atoms with Crippen LogP contribution in [-0.4, -0.2) is 42.9 Å². The standard InChI is InChI=1S/C30H33FN4O5S/c1-20(36)34-28(9-4-5-16-33-41(39,40)29-10-3-2-8-26(29)31)30(38)35-27-14-11-22-18-23(37)12-13-24(22)25(27)17-21-7-6-15-32-19-21/h2-3,6-8,10,12-13,15,18-19,28,33,37H,4-5,9,11,14,16-17H2,1H3,(H,34,36)(H,35,38)/t28-/m0/s1. The minimum absolute atomic E-state index is 0.0507. The number of nitrogens with zero attached hydrogens (tertiary/aromatic N) is 1. The van der Waals surface area contributed by atoms with Crippen molar-refractivity contribution in [3.05, 3.63) is 101 Å². The van der Waals surface area contributed by atoms with Gasteiger partial charge in [-0.15, -0.1) is 0 Å². The molecule has 9 nitrogen and oxygen atoms in total. The zero-order chi connectivity index (χ0) is 29.4. The summed E-state index contributed by atoms with van der Waals surface area (Å²) in [6.45, 7) is 1.38. The Bertz CT molecular complexity index is 1470. The summed E-state index contributed by atoms with van der Waals surface area (Å²) < 4.78 is 41.1. The molecule has 0 unspecified atom stereocenters. The molecule has 11 heteroatoms. The lowest BCUT2D eigenvalue weighted by atomic mass is 9.76. The lowest BCUT2D eigenvalue weighted by Gasteiger charge is -2.34. The van der Waals surface area contributed by atoms with Crippen molar-refractivity contribution in [1.82, 2.24) is 20.3 Å². The monoisotopic (exact) mass is 580 g/mol. The maximum absolute atomic E-state index is 13.9. The Labute approximate surface area is 239 Å². The first kappa shape index (κ1) is 30.1. The number of phenolic OH excluding ortho intramolecular Hbond substituents is 1. The third-order valence-electron chi connectivity index (χ3n) is 6.83. The quantitative estimate of drug-likeness (QED) is 0.243. The number of aromatic hydroxyl groups is 1. The van der Waals surface area contributed by atoms with Crippen molar-refractivity contribution >= 4 is 21.8 Å². The van der Waals surface area contributed by atoms with Crippen LogP contribution in [0.15, 0.2) is 71.9 Å². The van der Waals surface area contributed by atoms with Crippen molar-refractivity contribution < 1.29 is 27.5 Å². The highest BCUT2D eigenvalue weighted by Gasteiger charge is 2.34. The summed E-state index contributed by atoms with van der Waals surface area (Å²) in [4.78, 5) is 29.1. The van der Waals surface area contributed by atoms with Gasteiger partial charge in [0.2, 0.25) is 21.8 Å². The average molecular weight is 581 g/mol. The molecule has 0 fully saturated rings. The maximum Gasteiger partial charge on any atom is 0.243 e. The second-order valence-electron chi connectivity index (χ2n) is 9.90. The van der Waals surface area contributed by atoms with E-state index in [1.807, 2.05) is 18.2 Å². The topological polar surface area (TPSA) is 137 Å². The first-order valence-electron chi connectivity index (χ1n) is 13.4. The molecule has 0 saturated carbocycles. The van der Waals surface area contributed by atoms with E-state index in [-0.39, 0.29) is 30.5 Å². The summed E-state index contributed by atoms with van der Waals surface area (Å²) in [5.41, 5.74) is 2.89. The number of pyridine rings is 1. The number of nitrogens with one attached hydrogen (secondary N) is 3. The highest BCUT2D eigenvalue weighted by molar-refractivity contribution is 7.89. The van der Waals surface area contributed by atoms with Crippen molar-refractivity contribution in [2.45, 2.75) is 56.4 Å². The third-order valence-corrected chi connectivity index (χ3v) is 8.33. The summed E-state index contributed by atoms with van der Waals surface area (Å²) in [5, 5.41) is 15.7. The number of benzene rings is 2. The molecular weight excluding hydrogens is 547 g/mol. The van der Waals surface area contributed by atoms with E-state index in [0.29, 0.717) is 32.1 Å². The molecule has 1 aromatic heterocycles. The normalized spacial score (nSPS) is 14.7. The van der Waals surface area contributed by atoms with Crippen molar-refractivity contribution in [3.63, 3.8) is 0 Å². The Morgan fingerprint density at radius 2 is 1.88 bits per heavy atom. The van der Waals surface area contributed by atoms with Crippen LogP contribution in [0.25, 0.3) is 0 Å². The van der Waals surface area contributed by atoms with E-state index in [1.54, 1.807) is 24.5 Å². The molecule has 2 aromatic carbocycles. The van der Waals surface area contributed by atoms with Crippen LogP contribution in [-0.2, 0) is 32.5 Å². The summed E-state index contributed by atoms with van der Waals surface area (Å²) in [7, 11) is -4.01. The Balaban J connectivity index is 1.39. The van der Waals surface area contributed by atoms with Gasteiger partial charge < -0.3 is 15.7 Å². The van der Waals surface area contributed by atoms with Crippen LogP contribution in [0.1, 0.15) is 49.3 Å². The minimum Gasteiger partial charge on any atom is -0.508 e. The van der Waals surface area contributed by atoms with Crippen LogP contribution in [0.4, 0.5) is 4.39 Å². The molecule has 0 spiro atoms. The molecule has 1 aliphatic carbocycles. The van der Waals surface area contributed by atoms with E-state index in [1.165, 1.54) is 25.1 Å². The Morgan fingerprint density at radius 3 is 2.61 bits per heavy atom. The van der Waals surface area contributed by atoms with Gasteiger partial charge in [-0.05, 0) is 85.5 Å². The molecule has 3 aromatic rings. The second-order valence-corrected chi connectivity index (χ2v) is 11.6. The van der Waals surface area contributed by atoms with Gasteiger partial charge in [0.05, 0.1) is 6.04 Å². The zero-order valence-corrected chi connectivity index (χ0v) is 23.5. The van der Waals surface area contributed by atoms with Gasteiger partial charge >= 0.3 is 0 Å². The van der Waals surface area contributed by atoms with Gasteiger partial charge in [0.25, 0.3) is 0 Å². The maximum atomic E-state index is 13.9. The molecule has 41 heavy (non-hydrogen) atoms. The lowest BCUT2D eigenvalue weighted by molar-refractivity contribution is -0.128. The summed E-state index contributed by atoms with van der Waals surface area (Å²) in [6, 6.07) is 14.0. The SMILES string of the molecule is CC(=O)N[C@@H](CCCCNS(=O)(=O)c1ccccc1F)C(=O)N[C]1CCc2cc(O)ccc2[C]1Cc1cccnc1. The number of fused-ring (bicyclic) bond motifs is 1. The highest BCUT2D eigenvalue weighted by Crippen LogP contribution is 2.39. The summed E-state index contributed by atoms with van der Waals surface area (Å²) in [5.74, 6) is -0.468. The molecule has 216 valence electrons. The number of hydrogen-bond acceptors (Lipinski definition) is 6. The van der Waals surface area contributed by atoms with Crippen LogP contribution in [0.2, 0.25) is 0 Å². The van der Waals surface area contributed by atoms with Crippen molar-refractivity contribution in [1.29, 1.82) is 0 Å². The number of aryl methyl sites for hydroxylation is 1. The van der Waals surface area contributed by atoms with Gasteiger partial charge in [0.15, 0.2) is 0 Å². The van der Waals surface area contributed by atoms with E-state index in [2.05, 4.69) is 20.3 Å². The molecule has 4 N–H and O–H groups in total. The van der Waals surface area contributed by atoms with E-state index in [4.69, 9.17) is 0 Å². The van der Waals surface area contributed by atoms with E-state index in [0.717, 1.165) is 34.7 Å². The minimum atomic E-state index is -4.01. The average Bonchev–Trinajstić information content (AvgIpc) is 2.93. The molecule has 0 aliphatic heterocycles. The number of rotatable bonds is 12. The third kappa shape index (κ3) is 8.11. The van der Waals surface area contributed by atoms with Gasteiger partial charge in [-0.1, -0.05) is 24.3 Å². The van der Waals surface area contributed by atoms with Gasteiger partial charge in [-0.2, -0.15) is 0 Å². The first-order chi connectivity index (χ1) is 19.6. The first-order valence-corrected chi connectivity index (χ1v) is 14.9. The fourth-order valence-corrected chi connectivity index (χ4v) is 6.02. The summed E-state index contributed by atoms with van der Waals surface area (Å²) >= 11 is 0. The lowest BCUT2D eigenvalue weighted by Crippen LogP contribution is -2.49. The zero-order valence-electron chi connectivity index (χ0n) is 22.7. The number of halogens is 1. The molecule has 1 aliphatic rings. The molecule has 4 rings (SSSR count). The molecule has 0 saturated heterocycles. The predicted molar refractivity (Wildman–Crippen MR) is 151 cm³/mol.